The Balaban J connectivity index is 2.84. The molecule has 0 saturated heterocycles. The number of nitrogens with zero attached hydrogens (tertiary/aromatic N) is 1. The Morgan fingerprint density at radius 3 is 2.55 bits per heavy atom. The van der Waals surface area contributed by atoms with E-state index in [2.05, 4.69) is 4.74 Å². The van der Waals surface area contributed by atoms with Crippen LogP contribution in [0.3, 0.4) is 0 Å². The van der Waals surface area contributed by atoms with E-state index < -0.39 is 30.5 Å². The predicted molar refractivity (Wildman–Crippen MR) is 61.4 cm³/mol. The van der Waals surface area contributed by atoms with Crippen molar-refractivity contribution in [3.63, 3.8) is 0 Å². The number of methoxy groups -OCH3 is 1. The molecular formula is C12H14F3NO4. The maximum atomic E-state index is 12.5. The number of carbonyl (C=O) groups is 2. The van der Waals surface area contributed by atoms with E-state index in [1.54, 1.807) is 0 Å². The molecule has 1 heterocycles. The van der Waals surface area contributed by atoms with Crippen LogP contribution in [0.4, 0.5) is 13.2 Å². The lowest BCUT2D eigenvalue weighted by Gasteiger charge is -2.24. The number of amides is 1. The van der Waals surface area contributed by atoms with E-state index in [1.807, 2.05) is 0 Å². The molecule has 112 valence electrons. The number of hydrogen-bond donors (Lipinski definition) is 0. The van der Waals surface area contributed by atoms with Crippen molar-refractivity contribution in [2.45, 2.75) is 19.6 Å². The van der Waals surface area contributed by atoms with E-state index in [0.717, 1.165) is 7.11 Å². The quantitative estimate of drug-likeness (QED) is 0.779. The van der Waals surface area contributed by atoms with Gasteiger partial charge in [0, 0.05) is 6.54 Å². The third-order valence-corrected chi connectivity index (χ3v) is 2.55. The second-order valence-corrected chi connectivity index (χ2v) is 4.19. The van der Waals surface area contributed by atoms with Crippen LogP contribution in [-0.2, 0) is 20.9 Å². The lowest BCUT2D eigenvalue weighted by molar-refractivity contribution is -0.187. The van der Waals surface area contributed by atoms with Gasteiger partial charge in [-0.05, 0) is 12.1 Å². The molecule has 1 atom stereocenters. The highest BCUT2D eigenvalue weighted by Crippen LogP contribution is 2.21. The highest BCUT2D eigenvalue weighted by molar-refractivity contribution is 5.82. The van der Waals surface area contributed by atoms with Crippen LogP contribution in [-0.4, -0.2) is 36.6 Å². The van der Waals surface area contributed by atoms with Crippen LogP contribution in [0.25, 0.3) is 0 Å². The van der Waals surface area contributed by atoms with Crippen molar-refractivity contribution in [3.05, 3.63) is 24.2 Å². The summed E-state index contributed by atoms with van der Waals surface area (Å²) in [4.78, 5) is 23.1. The Hall–Kier alpha value is -1.99. The highest BCUT2D eigenvalue weighted by Gasteiger charge is 2.43. The Morgan fingerprint density at radius 1 is 1.45 bits per heavy atom. The van der Waals surface area contributed by atoms with Crippen LogP contribution in [0.15, 0.2) is 22.8 Å². The summed E-state index contributed by atoms with van der Waals surface area (Å²) in [6.07, 6.45) is -3.72. The molecule has 0 aliphatic rings. The molecule has 0 spiro atoms. The largest absolute Gasteiger partial charge is 0.471 e. The lowest BCUT2D eigenvalue weighted by atomic mass is 10.1. The zero-order valence-corrected chi connectivity index (χ0v) is 10.9. The van der Waals surface area contributed by atoms with Crippen LogP contribution in [0.1, 0.15) is 12.7 Å². The first-order valence-corrected chi connectivity index (χ1v) is 5.72. The summed E-state index contributed by atoms with van der Waals surface area (Å²) in [6, 6.07) is 2.94. The third kappa shape index (κ3) is 4.29. The van der Waals surface area contributed by atoms with Crippen LogP contribution in [0.5, 0.6) is 0 Å². The van der Waals surface area contributed by atoms with Crippen molar-refractivity contribution < 1.29 is 31.9 Å². The molecule has 0 N–H and O–H groups in total. The maximum Gasteiger partial charge on any atom is 0.471 e. The molecule has 1 amide bonds. The Morgan fingerprint density at radius 2 is 2.10 bits per heavy atom. The zero-order valence-electron chi connectivity index (χ0n) is 10.9. The number of carbonyl (C=O) groups excluding carboxylic acids is 2. The van der Waals surface area contributed by atoms with Gasteiger partial charge in [0.25, 0.3) is 0 Å². The number of esters is 1. The minimum Gasteiger partial charge on any atom is -0.469 e. The fourth-order valence-electron chi connectivity index (χ4n) is 1.60. The summed E-state index contributed by atoms with van der Waals surface area (Å²) in [7, 11) is 1.13. The molecule has 20 heavy (non-hydrogen) atoms. The summed E-state index contributed by atoms with van der Waals surface area (Å²) >= 11 is 0. The van der Waals surface area contributed by atoms with Crippen molar-refractivity contribution in [2.75, 3.05) is 13.7 Å². The van der Waals surface area contributed by atoms with Gasteiger partial charge in [-0.2, -0.15) is 13.2 Å². The molecule has 0 aromatic carbocycles. The van der Waals surface area contributed by atoms with Gasteiger partial charge in [0.2, 0.25) is 0 Å². The Kier molecular flexibility index (Phi) is 5.18. The van der Waals surface area contributed by atoms with Crippen molar-refractivity contribution in [1.82, 2.24) is 4.90 Å². The van der Waals surface area contributed by atoms with Gasteiger partial charge in [-0.1, -0.05) is 6.92 Å². The fourth-order valence-corrected chi connectivity index (χ4v) is 1.60. The Bertz CT molecular complexity index is 456. The summed E-state index contributed by atoms with van der Waals surface area (Å²) in [5, 5.41) is 0. The molecule has 1 unspecified atom stereocenters. The molecule has 5 nitrogen and oxygen atoms in total. The van der Waals surface area contributed by atoms with E-state index in [4.69, 9.17) is 4.42 Å². The summed E-state index contributed by atoms with van der Waals surface area (Å²) in [5.41, 5.74) is 0. The van der Waals surface area contributed by atoms with E-state index in [9.17, 15) is 22.8 Å². The van der Waals surface area contributed by atoms with Gasteiger partial charge in [0.15, 0.2) is 0 Å². The summed E-state index contributed by atoms with van der Waals surface area (Å²) in [5.74, 6) is -3.39. The van der Waals surface area contributed by atoms with Gasteiger partial charge in [0.05, 0.1) is 25.8 Å². The van der Waals surface area contributed by atoms with Crippen LogP contribution in [0, 0.1) is 5.92 Å². The van der Waals surface area contributed by atoms with Gasteiger partial charge in [-0.15, -0.1) is 0 Å². The van der Waals surface area contributed by atoms with Gasteiger partial charge < -0.3 is 14.1 Å². The van der Waals surface area contributed by atoms with Crippen LogP contribution in [0.2, 0.25) is 0 Å². The van der Waals surface area contributed by atoms with Crippen molar-refractivity contribution >= 4 is 11.9 Å². The Labute approximate surface area is 113 Å². The highest BCUT2D eigenvalue weighted by atomic mass is 19.4. The second-order valence-electron chi connectivity index (χ2n) is 4.19. The molecule has 0 aliphatic carbocycles. The lowest BCUT2D eigenvalue weighted by Crippen LogP contribution is -2.43. The first kappa shape index (κ1) is 16.1. The predicted octanol–water partition coefficient (Wildman–Crippen LogP) is 1.98. The van der Waals surface area contributed by atoms with Gasteiger partial charge >= 0.3 is 18.1 Å². The van der Waals surface area contributed by atoms with Crippen LogP contribution >= 0.6 is 0 Å². The topological polar surface area (TPSA) is 59.8 Å². The normalized spacial score (nSPS) is 12.8. The molecule has 1 aromatic rings. The fraction of sp³-hybridized carbons (Fsp3) is 0.500. The molecule has 1 rings (SSSR count). The van der Waals surface area contributed by atoms with E-state index >= 15 is 0 Å². The first-order chi connectivity index (χ1) is 9.25. The SMILES string of the molecule is COC(=O)C(C)CN(Cc1ccco1)C(=O)C(F)(F)F. The number of ether oxygens (including phenoxy) is 1. The minimum atomic E-state index is -5.01. The van der Waals surface area contributed by atoms with Crippen molar-refractivity contribution in [3.8, 4) is 0 Å². The molecule has 0 fully saturated rings. The average molecular weight is 293 g/mol. The molecule has 0 bridgehead atoms. The van der Waals surface area contributed by atoms with Crippen molar-refractivity contribution in [1.29, 1.82) is 0 Å². The molecule has 0 saturated carbocycles. The standard InChI is InChI=1S/C12H14F3NO4/c1-8(10(17)19-2)6-16(11(18)12(13,14)15)7-9-4-3-5-20-9/h3-5,8H,6-7H2,1-2H3. The van der Waals surface area contributed by atoms with E-state index in [0.29, 0.717) is 4.90 Å². The summed E-state index contributed by atoms with van der Waals surface area (Å²) in [6.45, 7) is 0.600. The molecular weight excluding hydrogens is 279 g/mol. The second kappa shape index (κ2) is 6.44. The smallest absolute Gasteiger partial charge is 0.469 e. The maximum absolute atomic E-state index is 12.5. The molecule has 0 aliphatic heterocycles. The molecule has 1 aromatic heterocycles. The zero-order chi connectivity index (χ0) is 15.3. The van der Waals surface area contributed by atoms with Crippen molar-refractivity contribution in [2.24, 2.45) is 5.92 Å². The molecule has 8 heteroatoms. The van der Waals surface area contributed by atoms with Gasteiger partial charge in [-0.3, -0.25) is 9.59 Å². The minimum absolute atomic E-state index is 0.194. The average Bonchev–Trinajstić information content (AvgIpc) is 2.87. The van der Waals surface area contributed by atoms with Gasteiger partial charge in [-0.25, -0.2) is 0 Å². The van der Waals surface area contributed by atoms with Crippen LogP contribution < -0.4 is 0 Å². The van der Waals surface area contributed by atoms with E-state index in [1.165, 1.54) is 25.3 Å². The van der Waals surface area contributed by atoms with Gasteiger partial charge in [0.1, 0.15) is 5.76 Å². The van der Waals surface area contributed by atoms with E-state index in [-0.39, 0.29) is 12.3 Å². The number of rotatable bonds is 5. The monoisotopic (exact) mass is 293 g/mol. The molecule has 0 radical (unpaired) electrons. The summed E-state index contributed by atoms with van der Waals surface area (Å²) < 4.78 is 46.9. The first-order valence-electron chi connectivity index (χ1n) is 5.72. The number of alkyl halides is 3. The third-order valence-electron chi connectivity index (χ3n) is 2.55. The number of furan rings is 1. The number of hydrogen-bond acceptors (Lipinski definition) is 4. The number of halogens is 3.